The number of methoxy groups -OCH3 is 1. The van der Waals surface area contributed by atoms with E-state index in [2.05, 4.69) is 29.9 Å². The van der Waals surface area contributed by atoms with Crippen molar-refractivity contribution < 1.29 is 42.6 Å². The van der Waals surface area contributed by atoms with Crippen molar-refractivity contribution in [1.82, 2.24) is 39.0 Å². The van der Waals surface area contributed by atoms with Crippen LogP contribution in [0.4, 0.5) is 20.5 Å². The van der Waals surface area contributed by atoms with E-state index in [4.69, 9.17) is 42.0 Å². The van der Waals surface area contributed by atoms with Crippen molar-refractivity contribution in [2.45, 2.75) is 54.9 Å². The number of anilines is 2. The second-order valence-corrected chi connectivity index (χ2v) is 14.0. The molecule has 4 aromatic heterocycles. The van der Waals surface area contributed by atoms with Crippen LogP contribution >= 0.6 is 6.49 Å². The summed E-state index contributed by atoms with van der Waals surface area (Å²) in [7, 11) is 1.33. The smallest absolute Gasteiger partial charge is 0.292 e. The van der Waals surface area contributed by atoms with Crippen LogP contribution in [-0.4, -0.2) is 110 Å². The molecule has 0 spiro atoms. The van der Waals surface area contributed by atoms with Crippen LogP contribution in [0, 0.1) is 0 Å². The highest BCUT2D eigenvalue weighted by atomic mass is 32.5. The van der Waals surface area contributed by atoms with Gasteiger partial charge in [0.2, 0.25) is 5.95 Å². The molecule has 0 bridgehead atoms. The molecule has 238 valence electrons. The number of nitrogens with zero attached hydrogens (tertiary/aromatic N) is 7. The minimum absolute atomic E-state index is 0.108. The van der Waals surface area contributed by atoms with Gasteiger partial charge in [-0.05, 0) is 18.7 Å². The van der Waals surface area contributed by atoms with Gasteiger partial charge in [-0.3, -0.25) is 18.9 Å². The summed E-state index contributed by atoms with van der Waals surface area (Å²) in [6.07, 6.45) is -3.83. The van der Waals surface area contributed by atoms with E-state index < -0.39 is 73.2 Å². The molecule has 6 rings (SSSR count). The zero-order chi connectivity index (χ0) is 31.8. The van der Waals surface area contributed by atoms with Crippen LogP contribution in [0.15, 0.2) is 23.8 Å². The second-order valence-electron chi connectivity index (χ2n) is 10.5. The van der Waals surface area contributed by atoms with Gasteiger partial charge in [-0.2, -0.15) is 4.98 Å². The molecule has 0 aromatic carbocycles. The molecule has 4 aromatic rings. The maximum absolute atomic E-state index is 15.7. The lowest BCUT2D eigenvalue weighted by molar-refractivity contribution is -0.113. The van der Waals surface area contributed by atoms with Gasteiger partial charge in [0.25, 0.3) is 11.5 Å². The van der Waals surface area contributed by atoms with Gasteiger partial charge in [-0.15, -0.1) is 0 Å². The Morgan fingerprint density at radius 1 is 1.16 bits per heavy atom. The fourth-order valence-electron chi connectivity index (χ4n) is 5.46. The zero-order valence-electron chi connectivity index (χ0n) is 22.9. The molecule has 2 saturated heterocycles. The topological polar surface area (TPSA) is 257 Å². The van der Waals surface area contributed by atoms with Crippen molar-refractivity contribution in [3.63, 3.8) is 0 Å². The lowest BCUT2D eigenvalue weighted by atomic mass is 9.98. The van der Waals surface area contributed by atoms with Gasteiger partial charge in [0, 0.05) is 7.11 Å². The number of halogens is 2. The van der Waals surface area contributed by atoms with Crippen molar-refractivity contribution in [3.8, 4) is 0 Å². The Morgan fingerprint density at radius 2 is 1.84 bits per heavy atom. The lowest BCUT2D eigenvalue weighted by Crippen LogP contribution is -2.46. The highest BCUT2D eigenvalue weighted by Crippen LogP contribution is 2.63. The molecular weight excluding hydrogens is 633 g/mol. The summed E-state index contributed by atoms with van der Waals surface area (Å²) in [5.41, 5.74) is 6.92. The number of nitrogens with two attached hydrogens (primary N) is 2. The Morgan fingerprint density at radius 3 is 2.52 bits per heavy atom. The largest absolute Gasteiger partial charge is 0.393 e. The third kappa shape index (κ3) is 4.66. The predicted octanol–water partition coefficient (Wildman–Crippen LogP) is -1.00. The molecule has 8 N–H and O–H groups in total. The molecule has 1 unspecified atom stereocenters. The number of nitrogens with one attached hydrogen (secondary N) is 1. The minimum Gasteiger partial charge on any atom is -0.393 e. The number of rotatable bonds is 8. The van der Waals surface area contributed by atoms with Crippen LogP contribution in [0.2, 0.25) is 0 Å². The summed E-state index contributed by atoms with van der Waals surface area (Å²) < 4.78 is 56.6. The van der Waals surface area contributed by atoms with Crippen LogP contribution in [0.25, 0.3) is 22.3 Å². The highest BCUT2D eigenvalue weighted by Gasteiger charge is 2.65. The minimum atomic E-state index is -4.62. The maximum Gasteiger partial charge on any atom is 0.292 e. The molecule has 2 aliphatic rings. The Balaban J connectivity index is 1.32. The van der Waals surface area contributed by atoms with Crippen LogP contribution in [0.3, 0.4) is 0 Å². The van der Waals surface area contributed by atoms with Gasteiger partial charge in [0.05, 0.1) is 25.9 Å². The van der Waals surface area contributed by atoms with Gasteiger partial charge in [0.15, 0.2) is 41.6 Å². The summed E-state index contributed by atoms with van der Waals surface area (Å²) in [5.74, 6) is -4.15. The zero-order valence-corrected chi connectivity index (χ0v) is 24.6. The van der Waals surface area contributed by atoms with E-state index in [1.807, 2.05) is 0 Å². The first-order valence-electron chi connectivity index (χ1n) is 12.9. The fourth-order valence-corrected chi connectivity index (χ4v) is 8.09. The molecule has 2 fully saturated rings. The number of ether oxygens (including phenoxy) is 3. The number of aliphatic hydroxyl groups excluding tert-OH is 2. The van der Waals surface area contributed by atoms with Gasteiger partial charge in [-0.25, -0.2) is 28.7 Å². The van der Waals surface area contributed by atoms with Crippen molar-refractivity contribution in [2.24, 2.45) is 0 Å². The van der Waals surface area contributed by atoms with E-state index in [0.717, 1.165) is 10.9 Å². The average Bonchev–Trinajstić information content (AvgIpc) is 3.70. The molecule has 0 radical (unpaired) electrons. The van der Waals surface area contributed by atoms with E-state index >= 15 is 8.78 Å². The number of imidazole rings is 2. The first-order chi connectivity index (χ1) is 20.7. The van der Waals surface area contributed by atoms with E-state index in [0.29, 0.717) is 0 Å². The van der Waals surface area contributed by atoms with E-state index in [9.17, 15) is 19.9 Å². The van der Waals surface area contributed by atoms with Crippen LogP contribution < -0.4 is 17.0 Å². The van der Waals surface area contributed by atoms with Gasteiger partial charge < -0.3 is 45.3 Å². The summed E-state index contributed by atoms with van der Waals surface area (Å²) in [4.78, 5) is 46.1. The first kappa shape index (κ1) is 30.7. The Hall–Kier alpha value is -3.27. The van der Waals surface area contributed by atoms with Crippen LogP contribution in [-0.2, 0) is 30.5 Å². The van der Waals surface area contributed by atoms with Crippen molar-refractivity contribution in [2.75, 3.05) is 31.8 Å². The SMILES string of the molecule is CO[C@H]1[C@@H](n2cnc3c(N)ncnc32)O[C@](C)(COP(O)(=S)[C@H]2[C@H](n3cnc4c(=O)[nH]c(N)nc43)O[C@H](CO)C2(F)F)[C@H]1O. The third-order valence-corrected chi connectivity index (χ3v) is 10.5. The normalized spacial score (nSPS) is 31.6. The van der Waals surface area contributed by atoms with Gasteiger partial charge in [0.1, 0.15) is 41.4 Å². The Bertz CT molecular complexity index is 1840. The number of H-pyrrole nitrogens is 1. The molecule has 22 heteroatoms. The Labute approximate surface area is 250 Å². The first-order valence-corrected chi connectivity index (χ1v) is 15.6. The highest BCUT2D eigenvalue weighted by molar-refractivity contribution is 8.09. The molecule has 8 atom stereocenters. The third-order valence-electron chi connectivity index (χ3n) is 7.72. The Kier molecular flexibility index (Phi) is 7.46. The number of hydrogen-bond donors (Lipinski definition) is 6. The van der Waals surface area contributed by atoms with Crippen molar-refractivity contribution in [1.29, 1.82) is 0 Å². The quantitative estimate of drug-likeness (QED) is 0.124. The summed E-state index contributed by atoms with van der Waals surface area (Å²) >= 11 is 5.29. The predicted molar refractivity (Wildman–Crippen MR) is 150 cm³/mol. The standard InChI is InChI=1S/C22H27F2N10O8PS/c1-21(12(36)11(39-2)18(42-21)33-6-29-9-14(25)27-5-28-15(9)33)4-40-43(38,44)13-19(41-8(3-35)22(13,23)24)34-7-30-10-16(34)31-20(26)32-17(10)37/h5-8,11-13,18-19,35-36H,3-4H2,1-2H3,(H,38,44)(H2,25,27,28)(H3,26,31,32,37)/t8-,11-,12+,13+,18+,19-,21-,43?/m1/s1. The molecule has 18 nitrogen and oxygen atoms in total. The molecule has 0 amide bonds. The molecule has 2 aliphatic heterocycles. The number of alkyl halides is 2. The molecule has 0 saturated carbocycles. The maximum atomic E-state index is 15.7. The van der Waals surface area contributed by atoms with Gasteiger partial charge in [-0.1, -0.05) is 0 Å². The number of hydrogen-bond acceptors (Lipinski definition) is 15. The molecular formula is C22H27F2N10O8PS. The number of aliphatic hydroxyl groups is 2. The van der Waals surface area contributed by atoms with E-state index in [1.165, 1.54) is 31.3 Å². The van der Waals surface area contributed by atoms with Crippen molar-refractivity contribution >= 4 is 52.4 Å². The number of aromatic amines is 1. The van der Waals surface area contributed by atoms with Crippen LogP contribution in [0.1, 0.15) is 19.4 Å². The average molecular weight is 661 g/mol. The second kappa shape index (κ2) is 10.7. The van der Waals surface area contributed by atoms with Crippen LogP contribution in [0.5, 0.6) is 0 Å². The van der Waals surface area contributed by atoms with E-state index in [1.54, 1.807) is 0 Å². The fraction of sp³-hybridized carbons (Fsp3) is 0.545. The summed E-state index contributed by atoms with van der Waals surface area (Å²) in [5, 5.41) is 20.9. The number of nitrogen functional groups attached to an aromatic ring is 2. The van der Waals surface area contributed by atoms with Gasteiger partial charge >= 0.3 is 0 Å². The van der Waals surface area contributed by atoms with Crippen molar-refractivity contribution in [3.05, 3.63) is 29.3 Å². The summed E-state index contributed by atoms with van der Waals surface area (Å²) in [6, 6.07) is 0. The lowest BCUT2D eigenvalue weighted by Gasteiger charge is -2.34. The van der Waals surface area contributed by atoms with E-state index in [-0.39, 0.29) is 34.1 Å². The number of fused-ring (bicyclic) bond motifs is 2. The number of aromatic nitrogens is 8. The molecule has 0 aliphatic carbocycles. The summed E-state index contributed by atoms with van der Waals surface area (Å²) in [6.45, 7) is -5.02. The molecule has 44 heavy (non-hydrogen) atoms. The molecule has 6 heterocycles. The monoisotopic (exact) mass is 660 g/mol.